The minimum Gasteiger partial charge on any atom is -0.454 e. The van der Waals surface area contributed by atoms with Crippen molar-refractivity contribution in [3.63, 3.8) is 0 Å². The first-order valence-electron chi connectivity index (χ1n) is 10.1. The molecule has 1 fully saturated rings. The Labute approximate surface area is 175 Å². The molecule has 1 saturated heterocycles. The van der Waals surface area contributed by atoms with Crippen LogP contribution in [0.15, 0.2) is 36.4 Å². The molecular formula is C23H24N2O5. The number of fused-ring (bicyclic) bond motifs is 1. The van der Waals surface area contributed by atoms with Crippen molar-refractivity contribution in [2.24, 2.45) is 0 Å². The molecule has 7 heteroatoms. The molecule has 2 aromatic rings. The second kappa shape index (κ2) is 7.48. The van der Waals surface area contributed by atoms with E-state index in [0.717, 1.165) is 22.4 Å². The summed E-state index contributed by atoms with van der Waals surface area (Å²) in [6, 6.07) is 10.3. The van der Waals surface area contributed by atoms with Gasteiger partial charge in [-0.15, -0.1) is 0 Å². The summed E-state index contributed by atoms with van der Waals surface area (Å²) >= 11 is 0. The number of imide groups is 1. The van der Waals surface area contributed by atoms with Gasteiger partial charge >= 0.3 is 6.03 Å². The Morgan fingerprint density at radius 2 is 1.83 bits per heavy atom. The lowest BCUT2D eigenvalue weighted by atomic mass is 9.91. The van der Waals surface area contributed by atoms with Crippen LogP contribution in [0.3, 0.4) is 0 Å². The number of nitrogens with zero attached hydrogens (tertiary/aromatic N) is 1. The first-order valence-corrected chi connectivity index (χ1v) is 10.1. The van der Waals surface area contributed by atoms with E-state index in [4.69, 9.17) is 9.47 Å². The molecule has 2 aliphatic rings. The quantitative estimate of drug-likeness (QED) is 0.586. The molecular weight excluding hydrogens is 384 g/mol. The molecule has 30 heavy (non-hydrogen) atoms. The number of Topliss-reactive ketones (excluding diaryl/α,β-unsaturated/α-hetero) is 1. The molecule has 0 saturated carbocycles. The number of ether oxygens (including phenoxy) is 2. The number of carbonyl (C=O) groups excluding carboxylic acids is 3. The van der Waals surface area contributed by atoms with Gasteiger partial charge in [0.2, 0.25) is 6.79 Å². The van der Waals surface area contributed by atoms with Gasteiger partial charge in [-0.05, 0) is 54.7 Å². The highest BCUT2D eigenvalue weighted by atomic mass is 16.7. The molecule has 0 bridgehead atoms. The van der Waals surface area contributed by atoms with Crippen molar-refractivity contribution in [2.75, 3.05) is 13.3 Å². The van der Waals surface area contributed by atoms with Crippen molar-refractivity contribution in [3.8, 4) is 11.5 Å². The van der Waals surface area contributed by atoms with E-state index in [0.29, 0.717) is 29.0 Å². The molecule has 1 atom stereocenters. The molecule has 0 aliphatic carbocycles. The van der Waals surface area contributed by atoms with E-state index in [-0.39, 0.29) is 19.1 Å². The third-order valence-electron chi connectivity index (χ3n) is 5.79. The predicted octanol–water partition coefficient (Wildman–Crippen LogP) is 3.19. The van der Waals surface area contributed by atoms with Crippen LogP contribution in [0, 0.1) is 0 Å². The predicted molar refractivity (Wildman–Crippen MR) is 110 cm³/mol. The van der Waals surface area contributed by atoms with Crippen LogP contribution in [-0.4, -0.2) is 36.0 Å². The summed E-state index contributed by atoms with van der Waals surface area (Å²) in [6.07, 6.45) is 1.50. The van der Waals surface area contributed by atoms with Crippen molar-refractivity contribution in [1.82, 2.24) is 10.2 Å². The average molecular weight is 408 g/mol. The van der Waals surface area contributed by atoms with Crippen molar-refractivity contribution in [3.05, 3.63) is 58.7 Å². The average Bonchev–Trinajstić information content (AvgIpc) is 3.31. The zero-order valence-electron chi connectivity index (χ0n) is 17.3. The van der Waals surface area contributed by atoms with Crippen LogP contribution in [0.2, 0.25) is 0 Å². The van der Waals surface area contributed by atoms with Crippen LogP contribution >= 0.6 is 0 Å². The maximum absolute atomic E-state index is 13.2. The summed E-state index contributed by atoms with van der Waals surface area (Å²) in [7, 11) is 0. The van der Waals surface area contributed by atoms with Gasteiger partial charge in [-0.2, -0.15) is 0 Å². The number of nitrogens with one attached hydrogen (secondary N) is 1. The minimum absolute atomic E-state index is 0.118. The van der Waals surface area contributed by atoms with E-state index < -0.39 is 17.5 Å². The van der Waals surface area contributed by atoms with Gasteiger partial charge in [0.15, 0.2) is 17.3 Å². The molecule has 0 unspecified atom stereocenters. The maximum Gasteiger partial charge on any atom is 0.325 e. The Kier molecular flexibility index (Phi) is 4.97. The summed E-state index contributed by atoms with van der Waals surface area (Å²) in [6.45, 7) is 5.44. The van der Waals surface area contributed by atoms with Gasteiger partial charge in [0, 0.05) is 5.56 Å². The summed E-state index contributed by atoms with van der Waals surface area (Å²) in [5.74, 6) is 0.397. The zero-order valence-corrected chi connectivity index (χ0v) is 17.3. The number of hydrogen-bond acceptors (Lipinski definition) is 5. The molecule has 1 N–H and O–H groups in total. The summed E-state index contributed by atoms with van der Waals surface area (Å²) < 4.78 is 10.7. The molecule has 2 heterocycles. The molecule has 0 spiro atoms. The largest absolute Gasteiger partial charge is 0.454 e. The lowest BCUT2D eigenvalue weighted by Gasteiger charge is -2.22. The van der Waals surface area contributed by atoms with Crippen LogP contribution < -0.4 is 14.8 Å². The standard InChI is InChI=1S/C23H24N2O5/c1-4-14-6-7-15(5-2)17(10-14)18(26)12-25-21(27)23(3,24-22(25)28)16-8-9-19-20(11-16)30-13-29-19/h6-11H,4-5,12-13H2,1-3H3,(H,24,28)/t23-/m0/s1. The maximum atomic E-state index is 13.2. The highest BCUT2D eigenvalue weighted by Crippen LogP contribution is 2.37. The first-order chi connectivity index (χ1) is 14.4. The Morgan fingerprint density at radius 3 is 2.57 bits per heavy atom. The van der Waals surface area contributed by atoms with Crippen LogP contribution in [0.1, 0.15) is 47.8 Å². The second-order valence-corrected chi connectivity index (χ2v) is 7.64. The highest BCUT2D eigenvalue weighted by molar-refractivity contribution is 6.11. The molecule has 0 radical (unpaired) electrons. The monoisotopic (exact) mass is 408 g/mol. The fraction of sp³-hybridized carbons (Fsp3) is 0.348. The first kappa shape index (κ1) is 19.9. The van der Waals surface area contributed by atoms with Crippen LogP contribution in [0.4, 0.5) is 4.79 Å². The molecule has 2 aliphatic heterocycles. The third-order valence-corrected chi connectivity index (χ3v) is 5.79. The van der Waals surface area contributed by atoms with Gasteiger partial charge in [-0.1, -0.05) is 32.0 Å². The normalized spacial score (nSPS) is 19.9. The van der Waals surface area contributed by atoms with E-state index in [2.05, 4.69) is 5.32 Å². The Hall–Kier alpha value is -3.35. The lowest BCUT2D eigenvalue weighted by Crippen LogP contribution is -2.41. The number of amides is 3. The van der Waals surface area contributed by atoms with Crippen LogP contribution in [0.5, 0.6) is 11.5 Å². The fourth-order valence-electron chi connectivity index (χ4n) is 3.88. The van der Waals surface area contributed by atoms with E-state index in [1.54, 1.807) is 25.1 Å². The topological polar surface area (TPSA) is 84.9 Å². The molecule has 2 aromatic carbocycles. The minimum atomic E-state index is -1.28. The molecule has 7 nitrogen and oxygen atoms in total. The van der Waals surface area contributed by atoms with E-state index in [9.17, 15) is 14.4 Å². The van der Waals surface area contributed by atoms with Gasteiger partial charge in [0.05, 0.1) is 6.54 Å². The van der Waals surface area contributed by atoms with Gasteiger partial charge in [0.25, 0.3) is 5.91 Å². The van der Waals surface area contributed by atoms with E-state index in [1.165, 1.54) is 0 Å². The summed E-state index contributed by atoms with van der Waals surface area (Å²) in [4.78, 5) is 39.9. The smallest absolute Gasteiger partial charge is 0.325 e. The number of hydrogen-bond donors (Lipinski definition) is 1. The van der Waals surface area contributed by atoms with Gasteiger partial charge in [0.1, 0.15) is 5.54 Å². The molecule has 0 aromatic heterocycles. The highest BCUT2D eigenvalue weighted by Gasteiger charge is 2.50. The number of benzene rings is 2. The Balaban J connectivity index is 1.60. The van der Waals surface area contributed by atoms with Gasteiger partial charge in [-0.3, -0.25) is 14.5 Å². The Morgan fingerprint density at radius 1 is 1.07 bits per heavy atom. The van der Waals surface area contributed by atoms with Crippen molar-refractivity contribution < 1.29 is 23.9 Å². The Bertz CT molecular complexity index is 1050. The number of carbonyl (C=O) groups is 3. The van der Waals surface area contributed by atoms with Gasteiger partial charge in [-0.25, -0.2) is 4.79 Å². The van der Waals surface area contributed by atoms with Gasteiger partial charge < -0.3 is 14.8 Å². The van der Waals surface area contributed by atoms with Crippen molar-refractivity contribution in [1.29, 1.82) is 0 Å². The number of urea groups is 1. The van der Waals surface area contributed by atoms with Crippen LogP contribution in [0.25, 0.3) is 0 Å². The van der Waals surface area contributed by atoms with Crippen LogP contribution in [-0.2, 0) is 23.2 Å². The number of ketones is 1. The summed E-state index contributed by atoms with van der Waals surface area (Å²) in [5, 5.41) is 2.73. The lowest BCUT2D eigenvalue weighted by molar-refractivity contribution is -0.130. The molecule has 156 valence electrons. The molecule has 3 amide bonds. The summed E-state index contributed by atoms with van der Waals surface area (Å²) in [5.41, 5.74) is 1.80. The fourth-order valence-corrected chi connectivity index (χ4v) is 3.88. The SMILES string of the molecule is CCc1ccc(CC)c(C(=O)CN2C(=O)N[C@@](C)(c3ccc4c(c3)OCO4)C2=O)c1. The third kappa shape index (κ3) is 3.20. The second-order valence-electron chi connectivity index (χ2n) is 7.64. The van der Waals surface area contributed by atoms with E-state index in [1.807, 2.05) is 32.0 Å². The van der Waals surface area contributed by atoms with Crippen molar-refractivity contribution in [2.45, 2.75) is 39.2 Å². The number of rotatable bonds is 6. The number of aryl methyl sites for hydroxylation is 2. The van der Waals surface area contributed by atoms with Crippen molar-refractivity contribution >= 4 is 17.7 Å². The van der Waals surface area contributed by atoms with E-state index >= 15 is 0 Å². The molecule has 4 rings (SSSR count). The zero-order chi connectivity index (χ0) is 21.5.